The fourth-order valence-corrected chi connectivity index (χ4v) is 3.20. The van der Waals surface area contributed by atoms with Gasteiger partial charge in [0.2, 0.25) is 5.91 Å². The molecule has 1 heterocycles. The summed E-state index contributed by atoms with van der Waals surface area (Å²) in [4.78, 5) is 11.9. The summed E-state index contributed by atoms with van der Waals surface area (Å²) in [5.41, 5.74) is 5.25. The molecule has 3 N–H and O–H groups in total. The fourth-order valence-electron chi connectivity index (χ4n) is 2.33. The van der Waals surface area contributed by atoms with Crippen LogP contribution in [-0.2, 0) is 15.1 Å². The van der Waals surface area contributed by atoms with E-state index in [0.29, 0.717) is 17.1 Å². The molecule has 1 amide bonds. The Morgan fingerprint density at radius 2 is 2.40 bits per heavy atom. The highest BCUT2D eigenvalue weighted by molar-refractivity contribution is 9.10. The second kappa shape index (κ2) is 6.43. The van der Waals surface area contributed by atoms with Gasteiger partial charge in [0.1, 0.15) is 5.54 Å². The number of carbonyl (C=O) groups is 1. The van der Waals surface area contributed by atoms with E-state index in [1.54, 1.807) is 19.1 Å². The number of halogens is 2. The second-order valence-electron chi connectivity index (χ2n) is 5.13. The summed E-state index contributed by atoms with van der Waals surface area (Å²) in [6.07, 6.45) is 2.18. The van der Waals surface area contributed by atoms with Crippen LogP contribution in [0.3, 0.4) is 0 Å². The van der Waals surface area contributed by atoms with Crippen LogP contribution in [0.2, 0.25) is 5.02 Å². The number of ether oxygens (including phenoxy) is 1. The van der Waals surface area contributed by atoms with Gasteiger partial charge in [-0.25, -0.2) is 0 Å². The Morgan fingerprint density at radius 3 is 2.95 bits per heavy atom. The Hall–Kier alpha value is -0.620. The number of nitrogens with two attached hydrogens (primary N) is 1. The van der Waals surface area contributed by atoms with E-state index in [-0.39, 0.29) is 6.10 Å². The predicted octanol–water partition coefficient (Wildman–Crippen LogP) is 2.57. The third kappa shape index (κ3) is 3.34. The quantitative estimate of drug-likeness (QED) is 0.847. The van der Waals surface area contributed by atoms with Crippen LogP contribution in [0.4, 0.5) is 0 Å². The zero-order valence-corrected chi connectivity index (χ0v) is 13.6. The van der Waals surface area contributed by atoms with Crippen LogP contribution in [0.15, 0.2) is 22.7 Å². The summed E-state index contributed by atoms with van der Waals surface area (Å²) in [7, 11) is 0. The van der Waals surface area contributed by atoms with Crippen molar-refractivity contribution in [1.29, 1.82) is 0 Å². The van der Waals surface area contributed by atoms with Gasteiger partial charge in [0.25, 0.3) is 0 Å². The summed E-state index contributed by atoms with van der Waals surface area (Å²) in [5, 5.41) is 3.72. The lowest BCUT2D eigenvalue weighted by atomic mass is 9.90. The van der Waals surface area contributed by atoms with E-state index >= 15 is 0 Å². The van der Waals surface area contributed by atoms with Gasteiger partial charge < -0.3 is 10.5 Å². The molecule has 1 aliphatic rings. The molecule has 110 valence electrons. The van der Waals surface area contributed by atoms with Crippen LogP contribution in [0.25, 0.3) is 0 Å². The van der Waals surface area contributed by atoms with E-state index < -0.39 is 11.4 Å². The number of hydrogen-bond donors (Lipinski definition) is 2. The van der Waals surface area contributed by atoms with Gasteiger partial charge in [0, 0.05) is 22.6 Å². The zero-order chi connectivity index (χ0) is 14.8. The second-order valence-corrected chi connectivity index (χ2v) is 6.45. The molecule has 20 heavy (non-hydrogen) atoms. The number of carbonyl (C=O) groups excluding carboxylic acids is 1. The fraction of sp³-hybridized carbons (Fsp3) is 0.500. The normalized spacial score (nSPS) is 21.6. The van der Waals surface area contributed by atoms with Crippen molar-refractivity contribution >= 4 is 33.4 Å². The highest BCUT2D eigenvalue weighted by Gasteiger charge is 2.35. The number of benzene rings is 1. The number of hydrogen-bond acceptors (Lipinski definition) is 3. The van der Waals surface area contributed by atoms with Crippen molar-refractivity contribution < 1.29 is 9.53 Å². The summed E-state index contributed by atoms with van der Waals surface area (Å²) in [6, 6.07) is 5.40. The lowest BCUT2D eigenvalue weighted by molar-refractivity contribution is -0.124. The van der Waals surface area contributed by atoms with E-state index in [2.05, 4.69) is 21.2 Å². The first-order chi connectivity index (χ1) is 9.43. The van der Waals surface area contributed by atoms with E-state index in [4.69, 9.17) is 22.1 Å². The summed E-state index contributed by atoms with van der Waals surface area (Å²) >= 11 is 9.60. The molecule has 1 fully saturated rings. The van der Waals surface area contributed by atoms with Crippen molar-refractivity contribution in [3.63, 3.8) is 0 Å². The molecule has 0 aromatic heterocycles. The molecule has 0 spiro atoms. The highest BCUT2D eigenvalue weighted by Crippen LogP contribution is 2.30. The molecule has 0 aliphatic carbocycles. The Morgan fingerprint density at radius 1 is 1.65 bits per heavy atom. The third-order valence-electron chi connectivity index (χ3n) is 3.67. The Kier molecular flexibility index (Phi) is 5.07. The van der Waals surface area contributed by atoms with Crippen LogP contribution < -0.4 is 11.1 Å². The van der Waals surface area contributed by atoms with Crippen molar-refractivity contribution in [2.24, 2.45) is 5.73 Å². The van der Waals surface area contributed by atoms with Crippen molar-refractivity contribution in [1.82, 2.24) is 5.32 Å². The predicted molar refractivity (Wildman–Crippen MR) is 82.7 cm³/mol. The number of primary amides is 1. The van der Waals surface area contributed by atoms with E-state index in [1.165, 1.54) is 0 Å². The molecule has 4 nitrogen and oxygen atoms in total. The van der Waals surface area contributed by atoms with Crippen LogP contribution in [0.1, 0.15) is 25.3 Å². The third-order valence-corrected chi connectivity index (χ3v) is 4.48. The van der Waals surface area contributed by atoms with E-state index in [1.807, 2.05) is 6.07 Å². The summed E-state index contributed by atoms with van der Waals surface area (Å²) in [6.45, 7) is 3.10. The molecule has 1 aromatic rings. The molecule has 1 aliphatic heterocycles. The van der Waals surface area contributed by atoms with Crippen molar-refractivity contribution in [3.8, 4) is 0 Å². The molecule has 6 heteroatoms. The zero-order valence-electron chi connectivity index (χ0n) is 11.3. The number of amides is 1. The molecular weight excluding hydrogens is 344 g/mol. The minimum absolute atomic E-state index is 0.128. The molecule has 0 radical (unpaired) electrons. The maximum atomic E-state index is 11.9. The van der Waals surface area contributed by atoms with Crippen LogP contribution in [0, 0.1) is 0 Å². The average molecular weight is 362 g/mol. The maximum absolute atomic E-state index is 11.9. The number of nitrogens with one attached hydrogen (secondary N) is 1. The largest absolute Gasteiger partial charge is 0.377 e. The van der Waals surface area contributed by atoms with Crippen molar-refractivity contribution in [2.75, 3.05) is 13.2 Å². The van der Waals surface area contributed by atoms with E-state index in [0.717, 1.165) is 23.9 Å². The standard InChI is InChI=1S/C14H18BrClN2O2/c1-14(13(17)19,18-8-10-3-2-6-20-10)11-5-4-9(15)7-12(11)16/h4-5,7,10,18H,2-3,6,8H2,1H3,(H2,17,19). The molecule has 2 unspecified atom stereocenters. The van der Waals surface area contributed by atoms with E-state index in [9.17, 15) is 4.79 Å². The average Bonchev–Trinajstić information content (AvgIpc) is 2.88. The van der Waals surface area contributed by atoms with Crippen LogP contribution in [-0.4, -0.2) is 25.2 Å². The van der Waals surface area contributed by atoms with Gasteiger partial charge in [0.05, 0.1) is 6.10 Å². The molecule has 0 saturated carbocycles. The first-order valence-electron chi connectivity index (χ1n) is 6.55. The number of rotatable bonds is 5. The minimum atomic E-state index is -1.01. The highest BCUT2D eigenvalue weighted by atomic mass is 79.9. The van der Waals surface area contributed by atoms with Crippen LogP contribution >= 0.6 is 27.5 Å². The maximum Gasteiger partial charge on any atom is 0.242 e. The Balaban J connectivity index is 2.21. The molecule has 2 rings (SSSR count). The molecule has 0 bridgehead atoms. The van der Waals surface area contributed by atoms with Crippen molar-refractivity contribution in [3.05, 3.63) is 33.3 Å². The molecule has 2 atom stereocenters. The smallest absolute Gasteiger partial charge is 0.242 e. The minimum Gasteiger partial charge on any atom is -0.377 e. The topological polar surface area (TPSA) is 64.3 Å². The molecular formula is C14H18BrClN2O2. The first kappa shape index (κ1) is 15.8. The Labute approximate surface area is 132 Å². The molecule has 1 aromatic carbocycles. The van der Waals surface area contributed by atoms with Gasteiger partial charge in [-0.15, -0.1) is 0 Å². The van der Waals surface area contributed by atoms with Gasteiger partial charge in [-0.1, -0.05) is 33.6 Å². The van der Waals surface area contributed by atoms with Crippen LogP contribution in [0.5, 0.6) is 0 Å². The van der Waals surface area contributed by atoms with Gasteiger partial charge in [-0.05, 0) is 37.5 Å². The Bertz CT molecular complexity index is 506. The van der Waals surface area contributed by atoms with Gasteiger partial charge in [-0.2, -0.15) is 0 Å². The van der Waals surface area contributed by atoms with Gasteiger partial charge in [0.15, 0.2) is 0 Å². The SMILES string of the molecule is CC(NCC1CCCO1)(C(N)=O)c1ccc(Br)cc1Cl. The molecule has 1 saturated heterocycles. The lowest BCUT2D eigenvalue weighted by Crippen LogP contribution is -2.52. The first-order valence-corrected chi connectivity index (χ1v) is 7.72. The monoisotopic (exact) mass is 360 g/mol. The van der Waals surface area contributed by atoms with Gasteiger partial charge >= 0.3 is 0 Å². The van der Waals surface area contributed by atoms with Gasteiger partial charge in [-0.3, -0.25) is 10.1 Å². The summed E-state index contributed by atoms with van der Waals surface area (Å²) < 4.78 is 6.42. The summed E-state index contributed by atoms with van der Waals surface area (Å²) in [5.74, 6) is -0.459. The van der Waals surface area contributed by atoms with Crippen molar-refractivity contribution in [2.45, 2.75) is 31.4 Å². The lowest BCUT2D eigenvalue weighted by Gasteiger charge is -2.30.